The normalized spacial score (nSPS) is 29.0. The van der Waals surface area contributed by atoms with E-state index < -0.39 is 11.6 Å². The maximum Gasteiger partial charge on any atom is 0.162 e. The van der Waals surface area contributed by atoms with Crippen molar-refractivity contribution in [2.24, 2.45) is 17.8 Å². The van der Waals surface area contributed by atoms with Crippen LogP contribution < -0.4 is 0 Å². The van der Waals surface area contributed by atoms with Crippen LogP contribution in [0.15, 0.2) is 12.1 Å². The second-order valence-corrected chi connectivity index (χ2v) is 9.26. The summed E-state index contributed by atoms with van der Waals surface area (Å²) in [6.45, 7) is 4.40. The predicted molar refractivity (Wildman–Crippen MR) is 110 cm³/mol. The number of benzene rings is 1. The Hall–Kier alpha value is -0.920. The summed E-state index contributed by atoms with van der Waals surface area (Å²) in [6, 6.07) is 3.45. The van der Waals surface area contributed by atoms with E-state index in [2.05, 4.69) is 13.8 Å². The number of aryl methyl sites for hydroxylation is 1. The lowest BCUT2D eigenvalue weighted by molar-refractivity contribution is 0.156. The van der Waals surface area contributed by atoms with Crippen LogP contribution in [-0.2, 0) is 6.42 Å². The molecule has 0 atom stereocenters. The minimum Gasteiger partial charge on any atom is -0.204 e. The van der Waals surface area contributed by atoms with E-state index in [1.165, 1.54) is 57.4 Å². The van der Waals surface area contributed by atoms with Gasteiger partial charge in [-0.1, -0.05) is 52.0 Å². The van der Waals surface area contributed by atoms with E-state index >= 15 is 0 Å². The molecule has 0 N–H and O–H groups in total. The van der Waals surface area contributed by atoms with Gasteiger partial charge in [0.25, 0.3) is 0 Å². The Morgan fingerprint density at radius 3 is 2.04 bits per heavy atom. The average molecular weight is 377 g/mol. The smallest absolute Gasteiger partial charge is 0.162 e. The lowest BCUT2D eigenvalue weighted by Crippen LogP contribution is -2.25. The van der Waals surface area contributed by atoms with Gasteiger partial charge in [0.2, 0.25) is 0 Å². The number of unbranched alkanes of at least 4 members (excludes halogenated alkanes) is 1. The van der Waals surface area contributed by atoms with Gasteiger partial charge in [0.15, 0.2) is 11.6 Å². The van der Waals surface area contributed by atoms with Gasteiger partial charge in [0.05, 0.1) is 0 Å². The molecule has 2 aliphatic carbocycles. The van der Waals surface area contributed by atoms with Gasteiger partial charge >= 0.3 is 0 Å². The Bertz CT molecular complexity index is 578. The molecule has 2 heteroatoms. The fraction of sp³-hybridized carbons (Fsp3) is 0.760. The summed E-state index contributed by atoms with van der Waals surface area (Å²) in [4.78, 5) is 0. The van der Waals surface area contributed by atoms with Crippen molar-refractivity contribution in [3.8, 4) is 0 Å². The molecule has 0 nitrogen and oxygen atoms in total. The fourth-order valence-corrected chi connectivity index (χ4v) is 5.73. The highest BCUT2D eigenvalue weighted by Crippen LogP contribution is 2.44. The Balaban J connectivity index is 1.55. The highest BCUT2D eigenvalue weighted by Gasteiger charge is 2.31. The summed E-state index contributed by atoms with van der Waals surface area (Å²) in [5, 5.41) is 0. The molecule has 0 aliphatic heterocycles. The first kappa shape index (κ1) is 20.8. The van der Waals surface area contributed by atoms with Crippen LogP contribution in [0.25, 0.3) is 0 Å². The van der Waals surface area contributed by atoms with E-state index in [0.29, 0.717) is 17.9 Å². The van der Waals surface area contributed by atoms with E-state index in [9.17, 15) is 8.78 Å². The number of halogens is 2. The third-order valence-corrected chi connectivity index (χ3v) is 7.42. The van der Waals surface area contributed by atoms with Crippen molar-refractivity contribution < 1.29 is 8.78 Å². The van der Waals surface area contributed by atoms with Crippen molar-refractivity contribution in [1.82, 2.24) is 0 Å². The van der Waals surface area contributed by atoms with Crippen LogP contribution in [0.3, 0.4) is 0 Å². The molecule has 0 saturated heterocycles. The molecule has 0 heterocycles. The van der Waals surface area contributed by atoms with Gasteiger partial charge < -0.3 is 0 Å². The van der Waals surface area contributed by atoms with Crippen molar-refractivity contribution in [3.05, 3.63) is 34.9 Å². The summed E-state index contributed by atoms with van der Waals surface area (Å²) in [7, 11) is 0. The molecule has 2 fully saturated rings. The van der Waals surface area contributed by atoms with Crippen molar-refractivity contribution >= 4 is 0 Å². The molecule has 0 amide bonds. The molecule has 27 heavy (non-hydrogen) atoms. The lowest BCUT2D eigenvalue weighted by Gasteiger charge is -2.38. The highest BCUT2D eigenvalue weighted by molar-refractivity contribution is 5.29. The van der Waals surface area contributed by atoms with Crippen molar-refractivity contribution in [3.63, 3.8) is 0 Å². The summed E-state index contributed by atoms with van der Waals surface area (Å²) in [5.74, 6) is 1.93. The first-order valence-electron chi connectivity index (χ1n) is 11.6. The van der Waals surface area contributed by atoms with Crippen LogP contribution in [-0.4, -0.2) is 0 Å². The van der Waals surface area contributed by atoms with E-state index in [0.717, 1.165) is 49.0 Å². The Kier molecular flexibility index (Phi) is 7.73. The minimum absolute atomic E-state index is 0.424. The Labute approximate surface area is 165 Å². The quantitative estimate of drug-likeness (QED) is 0.450. The van der Waals surface area contributed by atoms with Crippen LogP contribution in [0.5, 0.6) is 0 Å². The first-order valence-corrected chi connectivity index (χ1v) is 11.6. The zero-order chi connectivity index (χ0) is 19.2. The van der Waals surface area contributed by atoms with Crippen LogP contribution in [0.4, 0.5) is 8.78 Å². The van der Waals surface area contributed by atoms with Crippen molar-refractivity contribution in [2.45, 2.75) is 103 Å². The summed E-state index contributed by atoms with van der Waals surface area (Å²) >= 11 is 0. The Morgan fingerprint density at radius 2 is 1.44 bits per heavy atom. The molecule has 0 bridgehead atoms. The van der Waals surface area contributed by atoms with Crippen LogP contribution in [0.1, 0.15) is 108 Å². The first-order chi connectivity index (χ1) is 13.1. The second kappa shape index (κ2) is 10.0. The third kappa shape index (κ3) is 5.33. The monoisotopic (exact) mass is 376 g/mol. The maximum atomic E-state index is 14.1. The van der Waals surface area contributed by atoms with E-state index in [1.807, 2.05) is 6.07 Å². The van der Waals surface area contributed by atoms with E-state index in [-0.39, 0.29) is 0 Å². The number of hydrogen-bond donors (Lipinski definition) is 0. The molecule has 0 radical (unpaired) electrons. The van der Waals surface area contributed by atoms with Gasteiger partial charge in [0, 0.05) is 0 Å². The van der Waals surface area contributed by atoms with Gasteiger partial charge in [-0.3, -0.25) is 0 Å². The lowest BCUT2D eigenvalue weighted by atomic mass is 9.68. The molecule has 0 spiro atoms. The van der Waals surface area contributed by atoms with Gasteiger partial charge in [-0.15, -0.1) is 0 Å². The fourth-order valence-electron chi connectivity index (χ4n) is 5.73. The van der Waals surface area contributed by atoms with Crippen LogP contribution in [0, 0.1) is 29.4 Å². The SMILES string of the molecule is CCCCc1cc([C@H]2CC[C@H]([C@H]3CC[C@H](CCC)CC3)CC2)cc(F)c1F. The zero-order valence-corrected chi connectivity index (χ0v) is 17.4. The van der Waals surface area contributed by atoms with E-state index in [4.69, 9.17) is 0 Å². The molecule has 1 aromatic rings. The molecule has 0 unspecified atom stereocenters. The standard InChI is InChI=1S/C25H38F2/c1-3-5-7-22-16-23(17-24(26)25(22)27)21-14-12-20(13-15-21)19-10-8-18(6-4-2)9-11-19/h16-21H,3-15H2,1-2H3/t18-,19-,20-,21-. The van der Waals surface area contributed by atoms with Crippen LogP contribution in [0.2, 0.25) is 0 Å². The molecule has 152 valence electrons. The highest BCUT2D eigenvalue weighted by atomic mass is 19.2. The number of hydrogen-bond acceptors (Lipinski definition) is 0. The molecule has 1 aromatic carbocycles. The average Bonchev–Trinajstić information content (AvgIpc) is 2.70. The third-order valence-electron chi connectivity index (χ3n) is 7.42. The molecular weight excluding hydrogens is 338 g/mol. The largest absolute Gasteiger partial charge is 0.204 e. The topological polar surface area (TPSA) is 0 Å². The minimum atomic E-state index is -0.644. The summed E-state index contributed by atoms with van der Waals surface area (Å²) < 4.78 is 28.2. The van der Waals surface area contributed by atoms with Gasteiger partial charge in [-0.05, 0) is 92.2 Å². The predicted octanol–water partition coefficient (Wildman–Crippen LogP) is 8.19. The van der Waals surface area contributed by atoms with Crippen LogP contribution >= 0.6 is 0 Å². The molecule has 0 aromatic heterocycles. The van der Waals surface area contributed by atoms with Gasteiger partial charge in [0.1, 0.15) is 0 Å². The van der Waals surface area contributed by atoms with Gasteiger partial charge in [-0.25, -0.2) is 8.78 Å². The Morgan fingerprint density at radius 1 is 0.815 bits per heavy atom. The zero-order valence-electron chi connectivity index (χ0n) is 17.4. The van der Waals surface area contributed by atoms with E-state index in [1.54, 1.807) is 0 Å². The summed E-state index contributed by atoms with van der Waals surface area (Å²) in [6.07, 6.45) is 15.9. The summed E-state index contributed by atoms with van der Waals surface area (Å²) in [5.41, 5.74) is 1.63. The van der Waals surface area contributed by atoms with Crippen molar-refractivity contribution in [1.29, 1.82) is 0 Å². The molecule has 2 saturated carbocycles. The number of rotatable bonds is 7. The molecule has 3 rings (SSSR count). The second-order valence-electron chi connectivity index (χ2n) is 9.26. The molecular formula is C25H38F2. The maximum absolute atomic E-state index is 14.1. The van der Waals surface area contributed by atoms with Gasteiger partial charge in [-0.2, -0.15) is 0 Å². The van der Waals surface area contributed by atoms with Crippen molar-refractivity contribution in [2.75, 3.05) is 0 Å². The molecule has 2 aliphatic rings.